The number of nitrogens with zero attached hydrogens (tertiary/aromatic N) is 3. The summed E-state index contributed by atoms with van der Waals surface area (Å²) in [5.74, 6) is 0.999. The van der Waals surface area contributed by atoms with Crippen LogP contribution < -0.4 is 15.2 Å². The Labute approximate surface area is 191 Å². The highest BCUT2D eigenvalue weighted by Gasteiger charge is 2.44. The predicted octanol–water partition coefficient (Wildman–Crippen LogP) is 2.54. The largest absolute Gasteiger partial charge is 0.489 e. The number of likely N-dealkylation sites (tertiary alicyclic amines) is 1. The highest BCUT2D eigenvalue weighted by Crippen LogP contribution is 2.42. The van der Waals surface area contributed by atoms with Crippen LogP contribution in [0, 0.1) is 11.8 Å². The van der Waals surface area contributed by atoms with E-state index in [0.717, 1.165) is 17.5 Å². The van der Waals surface area contributed by atoms with E-state index in [4.69, 9.17) is 26.8 Å². The molecule has 9 nitrogen and oxygen atoms in total. The van der Waals surface area contributed by atoms with Gasteiger partial charge in [0, 0.05) is 19.3 Å². The van der Waals surface area contributed by atoms with E-state index < -0.39 is 11.5 Å². The third kappa shape index (κ3) is 4.83. The number of fused-ring (bicyclic) bond motifs is 1. The summed E-state index contributed by atoms with van der Waals surface area (Å²) in [6.07, 6.45) is 3.07. The van der Waals surface area contributed by atoms with E-state index in [0.29, 0.717) is 41.4 Å². The zero-order chi connectivity index (χ0) is 23.0. The van der Waals surface area contributed by atoms with Crippen LogP contribution in [0.15, 0.2) is 30.5 Å². The Hall–Kier alpha value is -2.78. The van der Waals surface area contributed by atoms with Crippen LogP contribution in [0.4, 0.5) is 4.79 Å². The molecule has 0 spiro atoms. The third-order valence-electron chi connectivity index (χ3n) is 5.82. The average molecular weight is 463 g/mol. The van der Waals surface area contributed by atoms with Gasteiger partial charge < -0.3 is 25.2 Å². The lowest BCUT2D eigenvalue weighted by atomic mass is 10.0. The lowest BCUT2D eigenvalue weighted by molar-refractivity contribution is 0.0284. The number of hydrogen-bond donors (Lipinski definition) is 2. The summed E-state index contributed by atoms with van der Waals surface area (Å²) in [6.45, 7) is 4.66. The van der Waals surface area contributed by atoms with Crippen LogP contribution >= 0.6 is 11.6 Å². The average Bonchev–Trinajstić information content (AvgIpc) is 3.42. The lowest BCUT2D eigenvalue weighted by Gasteiger charge is -2.21. The third-order valence-corrected chi connectivity index (χ3v) is 6.19. The minimum absolute atomic E-state index is 0.00421. The minimum Gasteiger partial charge on any atom is -0.489 e. The number of benzene rings is 1. The Kier molecular flexibility index (Phi) is 6.05. The van der Waals surface area contributed by atoms with Crippen LogP contribution in [0.2, 0.25) is 5.02 Å². The first-order chi connectivity index (χ1) is 15.1. The second kappa shape index (κ2) is 8.63. The Balaban J connectivity index is 1.34. The molecule has 172 valence electrons. The van der Waals surface area contributed by atoms with Gasteiger partial charge in [-0.3, -0.25) is 4.79 Å². The van der Waals surface area contributed by atoms with Crippen molar-refractivity contribution in [3.05, 3.63) is 41.2 Å². The molecule has 2 amide bonds. The molecule has 1 aromatic heterocycles. The number of nitrogens with two attached hydrogens (primary N) is 1. The molecule has 10 heteroatoms. The molecule has 2 aliphatic rings. The van der Waals surface area contributed by atoms with Crippen LogP contribution in [0.3, 0.4) is 0 Å². The fourth-order valence-corrected chi connectivity index (χ4v) is 4.56. The Morgan fingerprint density at radius 1 is 1.22 bits per heavy atom. The summed E-state index contributed by atoms with van der Waals surface area (Å²) in [5, 5.41) is 14.2. The summed E-state index contributed by atoms with van der Waals surface area (Å²) < 4.78 is 13.0. The van der Waals surface area contributed by atoms with Crippen molar-refractivity contribution >= 4 is 23.5 Å². The van der Waals surface area contributed by atoms with E-state index in [1.54, 1.807) is 30.9 Å². The van der Waals surface area contributed by atoms with Crippen molar-refractivity contribution in [1.82, 2.24) is 14.7 Å². The van der Waals surface area contributed by atoms with Crippen molar-refractivity contribution < 1.29 is 24.2 Å². The highest BCUT2D eigenvalue weighted by atomic mass is 35.5. The number of rotatable bonds is 6. The Bertz CT molecular complexity index is 1000. The maximum absolute atomic E-state index is 12.7. The van der Waals surface area contributed by atoms with E-state index in [9.17, 15) is 14.7 Å². The standard InChI is InChI=1S/C22H27ClN4O5/c1-22(2,30)12-31-17-4-3-5-18(19(17)23)32-15-8-13-10-26(11-14(13)9-15)21(29)27-7-6-16(25-27)20(24)28/h3-7,13-15,30H,8-12H2,1-2H3,(H2,24,28). The smallest absolute Gasteiger partial charge is 0.344 e. The maximum Gasteiger partial charge on any atom is 0.344 e. The maximum atomic E-state index is 12.7. The van der Waals surface area contributed by atoms with Crippen molar-refractivity contribution in [2.24, 2.45) is 17.6 Å². The van der Waals surface area contributed by atoms with Crippen LogP contribution in [0.1, 0.15) is 37.2 Å². The van der Waals surface area contributed by atoms with Crippen molar-refractivity contribution in [3.8, 4) is 11.5 Å². The van der Waals surface area contributed by atoms with Gasteiger partial charge in [0.15, 0.2) is 5.69 Å². The van der Waals surface area contributed by atoms with Crippen molar-refractivity contribution in [3.63, 3.8) is 0 Å². The molecule has 2 fully saturated rings. The van der Waals surface area contributed by atoms with E-state index in [-0.39, 0.29) is 24.4 Å². The quantitative estimate of drug-likeness (QED) is 0.680. The summed E-state index contributed by atoms with van der Waals surface area (Å²) >= 11 is 6.47. The van der Waals surface area contributed by atoms with Crippen LogP contribution in [0.25, 0.3) is 0 Å². The number of ether oxygens (including phenoxy) is 2. The SMILES string of the molecule is CC(C)(O)COc1cccc(OC2CC3CN(C(=O)n4ccc(C(N)=O)n4)CC3C2)c1Cl. The van der Waals surface area contributed by atoms with Gasteiger partial charge in [0.05, 0.1) is 11.7 Å². The molecule has 4 rings (SSSR count). The van der Waals surface area contributed by atoms with Gasteiger partial charge in [-0.2, -0.15) is 9.78 Å². The van der Waals surface area contributed by atoms with Crippen LogP contribution in [-0.4, -0.2) is 63.1 Å². The Morgan fingerprint density at radius 2 is 1.88 bits per heavy atom. The number of halogens is 1. The molecule has 2 atom stereocenters. The molecule has 1 saturated carbocycles. The van der Waals surface area contributed by atoms with Gasteiger partial charge >= 0.3 is 6.03 Å². The number of amides is 2. The molecule has 0 radical (unpaired) electrons. The fourth-order valence-electron chi connectivity index (χ4n) is 4.33. The number of carbonyl (C=O) groups is 2. The van der Waals surface area contributed by atoms with Crippen molar-refractivity contribution in [2.45, 2.75) is 38.4 Å². The fraction of sp³-hybridized carbons (Fsp3) is 0.500. The second-order valence-corrected chi connectivity index (χ2v) is 9.48. The zero-order valence-corrected chi connectivity index (χ0v) is 18.8. The van der Waals surface area contributed by atoms with E-state index >= 15 is 0 Å². The lowest BCUT2D eigenvalue weighted by Crippen LogP contribution is -2.34. The molecule has 0 bridgehead atoms. The molecular weight excluding hydrogens is 436 g/mol. The first-order valence-corrected chi connectivity index (χ1v) is 10.9. The van der Waals surface area contributed by atoms with Gasteiger partial charge in [-0.1, -0.05) is 17.7 Å². The van der Waals surface area contributed by atoms with Gasteiger partial charge in [-0.05, 0) is 56.7 Å². The van der Waals surface area contributed by atoms with Crippen LogP contribution in [-0.2, 0) is 0 Å². The van der Waals surface area contributed by atoms with Gasteiger partial charge in [0.25, 0.3) is 5.91 Å². The van der Waals surface area contributed by atoms with Gasteiger partial charge in [0.1, 0.15) is 23.1 Å². The molecule has 1 aliphatic carbocycles. The first kappa shape index (κ1) is 22.4. The van der Waals surface area contributed by atoms with E-state index in [2.05, 4.69) is 5.10 Å². The topological polar surface area (TPSA) is 120 Å². The predicted molar refractivity (Wildman–Crippen MR) is 117 cm³/mol. The normalized spacial score (nSPS) is 22.6. The molecule has 2 unspecified atom stereocenters. The molecule has 1 saturated heterocycles. The number of primary amides is 1. The first-order valence-electron chi connectivity index (χ1n) is 10.6. The van der Waals surface area contributed by atoms with Crippen LogP contribution in [0.5, 0.6) is 11.5 Å². The minimum atomic E-state index is -0.968. The summed E-state index contributed by atoms with van der Waals surface area (Å²) in [6, 6.07) is 6.53. The van der Waals surface area contributed by atoms with Crippen molar-refractivity contribution in [2.75, 3.05) is 19.7 Å². The van der Waals surface area contributed by atoms with Gasteiger partial charge in [-0.15, -0.1) is 0 Å². The number of aromatic nitrogens is 2. The van der Waals surface area contributed by atoms with Gasteiger partial charge in [0.2, 0.25) is 0 Å². The zero-order valence-electron chi connectivity index (χ0n) is 18.0. The molecule has 3 N–H and O–H groups in total. The molecule has 2 aromatic rings. The summed E-state index contributed by atoms with van der Waals surface area (Å²) in [4.78, 5) is 25.7. The summed E-state index contributed by atoms with van der Waals surface area (Å²) in [7, 11) is 0. The monoisotopic (exact) mass is 462 g/mol. The molecule has 1 aliphatic heterocycles. The Morgan fingerprint density at radius 3 is 2.47 bits per heavy atom. The number of hydrogen-bond acceptors (Lipinski definition) is 6. The molecule has 1 aromatic carbocycles. The van der Waals surface area contributed by atoms with Crippen molar-refractivity contribution in [1.29, 1.82) is 0 Å². The molecule has 32 heavy (non-hydrogen) atoms. The highest BCUT2D eigenvalue weighted by molar-refractivity contribution is 6.33. The molecule has 2 heterocycles. The summed E-state index contributed by atoms with van der Waals surface area (Å²) in [5.41, 5.74) is 4.31. The number of aliphatic hydroxyl groups is 1. The molecular formula is C22H27ClN4O5. The van der Waals surface area contributed by atoms with E-state index in [1.807, 2.05) is 6.07 Å². The number of carbonyl (C=O) groups excluding carboxylic acids is 2. The van der Waals surface area contributed by atoms with E-state index in [1.165, 1.54) is 12.3 Å². The van der Waals surface area contributed by atoms with Gasteiger partial charge in [-0.25, -0.2) is 4.79 Å². The second-order valence-electron chi connectivity index (χ2n) is 9.10.